The third-order valence-corrected chi connectivity index (χ3v) is 1.64. The summed E-state index contributed by atoms with van der Waals surface area (Å²) in [4.78, 5) is 10.8. The molecule has 0 bridgehead atoms. The SMILES string of the molecule is C=C(CC(=O)OCC)OC(F)(F)C(F)(F)C(F)(F)F. The van der Waals surface area contributed by atoms with E-state index in [1.165, 1.54) is 6.92 Å². The van der Waals surface area contributed by atoms with Crippen LogP contribution in [0, 0.1) is 0 Å². The molecular formula is C9H9F7O3. The van der Waals surface area contributed by atoms with Gasteiger partial charge in [-0.3, -0.25) is 4.79 Å². The molecule has 0 unspecified atom stereocenters. The lowest BCUT2D eigenvalue weighted by Crippen LogP contribution is -2.53. The van der Waals surface area contributed by atoms with Crippen molar-refractivity contribution < 1.29 is 45.0 Å². The maximum atomic E-state index is 12.7. The van der Waals surface area contributed by atoms with Crippen molar-refractivity contribution in [3.8, 4) is 0 Å². The van der Waals surface area contributed by atoms with Crippen molar-refractivity contribution >= 4 is 5.97 Å². The van der Waals surface area contributed by atoms with Crippen molar-refractivity contribution in [3.63, 3.8) is 0 Å². The Kier molecular flexibility index (Phi) is 5.22. The third-order valence-electron chi connectivity index (χ3n) is 1.64. The molecule has 19 heavy (non-hydrogen) atoms. The van der Waals surface area contributed by atoms with Gasteiger partial charge in [-0.25, -0.2) is 0 Å². The van der Waals surface area contributed by atoms with Gasteiger partial charge in [0.2, 0.25) is 0 Å². The summed E-state index contributed by atoms with van der Waals surface area (Å²) in [6, 6.07) is 0. The number of hydrogen-bond donors (Lipinski definition) is 0. The fourth-order valence-electron chi connectivity index (χ4n) is 0.819. The number of carbonyl (C=O) groups is 1. The Morgan fingerprint density at radius 2 is 1.58 bits per heavy atom. The minimum atomic E-state index is -6.51. The summed E-state index contributed by atoms with van der Waals surface area (Å²) in [5.74, 6) is -8.84. The van der Waals surface area contributed by atoms with Crippen LogP contribution in [0.3, 0.4) is 0 Å². The Hall–Kier alpha value is -1.48. The average Bonchev–Trinajstić information content (AvgIpc) is 2.13. The molecule has 0 aromatic carbocycles. The van der Waals surface area contributed by atoms with Crippen LogP contribution in [0.2, 0.25) is 0 Å². The maximum absolute atomic E-state index is 12.7. The molecular weight excluding hydrogens is 289 g/mol. The Labute approximate surface area is 103 Å². The zero-order valence-corrected chi connectivity index (χ0v) is 9.49. The highest BCUT2D eigenvalue weighted by atomic mass is 19.4. The largest absolute Gasteiger partial charge is 0.474 e. The highest BCUT2D eigenvalue weighted by Crippen LogP contribution is 2.47. The van der Waals surface area contributed by atoms with Crippen LogP contribution in [0.5, 0.6) is 0 Å². The van der Waals surface area contributed by atoms with Crippen molar-refractivity contribution in [1.29, 1.82) is 0 Å². The van der Waals surface area contributed by atoms with Gasteiger partial charge in [-0.2, -0.15) is 30.7 Å². The van der Waals surface area contributed by atoms with Crippen molar-refractivity contribution in [1.82, 2.24) is 0 Å². The van der Waals surface area contributed by atoms with Gasteiger partial charge in [-0.05, 0) is 6.92 Å². The normalized spacial score (nSPS) is 13.1. The molecule has 0 atom stereocenters. The molecule has 0 aromatic heterocycles. The molecule has 0 saturated carbocycles. The van der Waals surface area contributed by atoms with E-state index in [9.17, 15) is 35.5 Å². The van der Waals surface area contributed by atoms with Gasteiger partial charge in [-0.15, -0.1) is 0 Å². The number of alkyl halides is 7. The first kappa shape index (κ1) is 17.5. The second-order valence-corrected chi connectivity index (χ2v) is 3.21. The minimum Gasteiger partial charge on any atom is -0.466 e. The summed E-state index contributed by atoms with van der Waals surface area (Å²) in [7, 11) is 0. The molecule has 0 rings (SSSR count). The number of rotatable bonds is 6. The lowest BCUT2D eigenvalue weighted by molar-refractivity contribution is -0.415. The summed E-state index contributed by atoms with van der Waals surface area (Å²) in [6.45, 7) is 3.89. The first-order valence-electron chi connectivity index (χ1n) is 4.70. The highest BCUT2D eigenvalue weighted by Gasteiger charge is 2.75. The molecule has 10 heteroatoms. The van der Waals surface area contributed by atoms with Crippen molar-refractivity contribution in [2.45, 2.75) is 31.6 Å². The predicted octanol–water partition coefficient (Wildman–Crippen LogP) is 3.26. The molecule has 0 aliphatic carbocycles. The molecule has 0 aliphatic rings. The second-order valence-electron chi connectivity index (χ2n) is 3.21. The molecule has 112 valence electrons. The van der Waals surface area contributed by atoms with Crippen LogP contribution in [-0.2, 0) is 14.3 Å². The Bertz CT molecular complexity index is 348. The lowest BCUT2D eigenvalue weighted by Gasteiger charge is -2.28. The molecule has 0 fully saturated rings. The van der Waals surface area contributed by atoms with E-state index in [4.69, 9.17) is 0 Å². The zero-order valence-electron chi connectivity index (χ0n) is 9.49. The van der Waals surface area contributed by atoms with Gasteiger partial charge in [-0.1, -0.05) is 6.58 Å². The van der Waals surface area contributed by atoms with E-state index in [1.54, 1.807) is 0 Å². The standard InChI is InChI=1S/C9H9F7O3/c1-3-18-6(17)4-5(2)19-9(15,16)7(10,11)8(12,13)14/h2-4H2,1H3. The summed E-state index contributed by atoms with van der Waals surface area (Å²) in [5, 5.41) is 0. The van der Waals surface area contributed by atoms with Crippen molar-refractivity contribution in [2.24, 2.45) is 0 Å². The van der Waals surface area contributed by atoms with E-state index in [0.717, 1.165) is 0 Å². The molecule has 0 aliphatic heterocycles. The maximum Gasteiger partial charge on any atom is 0.474 e. The molecule has 0 aromatic rings. The Morgan fingerprint density at radius 1 is 1.11 bits per heavy atom. The second kappa shape index (κ2) is 5.66. The van der Waals surface area contributed by atoms with Crippen LogP contribution in [0.1, 0.15) is 13.3 Å². The molecule has 3 nitrogen and oxygen atoms in total. The summed E-state index contributed by atoms with van der Waals surface area (Å²) in [5.41, 5.74) is 0. The number of halogens is 7. The zero-order chi connectivity index (χ0) is 15.5. The van der Waals surface area contributed by atoms with E-state index in [2.05, 4.69) is 16.1 Å². The van der Waals surface area contributed by atoms with Crippen LogP contribution in [0.4, 0.5) is 30.7 Å². The van der Waals surface area contributed by atoms with Crippen LogP contribution in [-0.4, -0.2) is 30.8 Å². The van der Waals surface area contributed by atoms with Gasteiger partial charge in [0.15, 0.2) is 0 Å². The Balaban J connectivity index is 4.78. The van der Waals surface area contributed by atoms with Gasteiger partial charge in [0, 0.05) is 0 Å². The lowest BCUT2D eigenvalue weighted by atomic mass is 10.3. The van der Waals surface area contributed by atoms with Gasteiger partial charge in [0.05, 0.1) is 6.61 Å². The molecule has 0 spiro atoms. The monoisotopic (exact) mass is 298 g/mol. The van der Waals surface area contributed by atoms with Crippen LogP contribution >= 0.6 is 0 Å². The minimum absolute atomic E-state index is 0.138. The summed E-state index contributed by atoms with van der Waals surface area (Å²) in [6.07, 6.45) is -13.5. The van der Waals surface area contributed by atoms with Crippen LogP contribution in [0.15, 0.2) is 12.3 Å². The molecule has 0 radical (unpaired) electrons. The molecule has 0 heterocycles. The van der Waals surface area contributed by atoms with Crippen LogP contribution in [0.25, 0.3) is 0 Å². The number of ether oxygens (including phenoxy) is 2. The van der Waals surface area contributed by atoms with Gasteiger partial charge in [0.1, 0.15) is 12.2 Å². The van der Waals surface area contributed by atoms with Crippen molar-refractivity contribution in [2.75, 3.05) is 6.61 Å². The van der Waals surface area contributed by atoms with E-state index in [1.807, 2.05) is 0 Å². The fourth-order valence-corrected chi connectivity index (χ4v) is 0.819. The smallest absolute Gasteiger partial charge is 0.466 e. The van der Waals surface area contributed by atoms with Gasteiger partial charge in [0.25, 0.3) is 0 Å². The molecule has 0 amide bonds. The first-order valence-corrected chi connectivity index (χ1v) is 4.70. The first-order chi connectivity index (χ1) is 8.35. The van der Waals surface area contributed by atoms with E-state index >= 15 is 0 Å². The van der Waals surface area contributed by atoms with Gasteiger partial charge >= 0.3 is 24.2 Å². The molecule has 0 saturated heterocycles. The highest BCUT2D eigenvalue weighted by molar-refractivity contribution is 5.71. The molecule has 0 N–H and O–H groups in total. The van der Waals surface area contributed by atoms with E-state index < -0.39 is 36.4 Å². The van der Waals surface area contributed by atoms with E-state index in [0.29, 0.717) is 0 Å². The fraction of sp³-hybridized carbons (Fsp3) is 0.667. The Morgan fingerprint density at radius 3 is 1.95 bits per heavy atom. The average molecular weight is 298 g/mol. The topological polar surface area (TPSA) is 35.5 Å². The van der Waals surface area contributed by atoms with Crippen molar-refractivity contribution in [3.05, 3.63) is 12.3 Å². The van der Waals surface area contributed by atoms with Gasteiger partial charge < -0.3 is 9.47 Å². The van der Waals surface area contributed by atoms with Crippen LogP contribution < -0.4 is 0 Å². The number of hydrogen-bond acceptors (Lipinski definition) is 3. The quantitative estimate of drug-likeness (QED) is 0.429. The van der Waals surface area contributed by atoms with E-state index in [-0.39, 0.29) is 6.61 Å². The number of carbonyl (C=O) groups excluding carboxylic acids is 1. The number of esters is 1. The summed E-state index contributed by atoms with van der Waals surface area (Å²) < 4.78 is 92.7. The predicted molar refractivity (Wildman–Crippen MR) is 47.4 cm³/mol. The summed E-state index contributed by atoms with van der Waals surface area (Å²) >= 11 is 0. The third kappa shape index (κ3) is 4.28.